The molecular weight excluding hydrogens is 136 g/mol. The zero-order chi connectivity index (χ0) is 8.10. The first-order chi connectivity index (χ1) is 5.38. The molecule has 0 aromatic carbocycles. The first kappa shape index (κ1) is 7.87. The Hall–Kier alpha value is -1.23. The highest BCUT2D eigenvalue weighted by molar-refractivity contribution is 5.03. The minimum absolute atomic E-state index is 0.797. The van der Waals surface area contributed by atoms with E-state index in [2.05, 4.69) is 17.9 Å². The molecule has 0 aliphatic carbocycles. The minimum atomic E-state index is 0.797. The molecule has 0 atom stereocenters. The fourth-order valence-electron chi connectivity index (χ4n) is 1.06. The first-order valence-electron chi connectivity index (χ1n) is 3.82. The summed E-state index contributed by atoms with van der Waals surface area (Å²) < 4.78 is 1.97. The van der Waals surface area contributed by atoms with Gasteiger partial charge in [-0.15, -0.1) is 12.3 Å². The van der Waals surface area contributed by atoms with E-state index in [4.69, 9.17) is 6.42 Å². The normalized spacial score (nSPS) is 9.45. The third kappa shape index (κ3) is 1.84. The number of terminal acetylenes is 1. The van der Waals surface area contributed by atoms with Crippen LogP contribution in [0.3, 0.4) is 0 Å². The lowest BCUT2D eigenvalue weighted by molar-refractivity contribution is 0.621. The Kier molecular flexibility index (Phi) is 2.74. The summed E-state index contributed by atoms with van der Waals surface area (Å²) in [5.41, 5.74) is 1.23. The molecule has 0 N–H and O–H groups in total. The molecule has 1 aromatic heterocycles. The Morgan fingerprint density at radius 1 is 1.73 bits per heavy atom. The number of aromatic nitrogens is 2. The van der Waals surface area contributed by atoms with Crippen LogP contribution in [0.1, 0.15) is 19.0 Å². The largest absolute Gasteiger partial charge is 0.270 e. The predicted molar refractivity (Wildman–Crippen MR) is 45.1 cm³/mol. The molecule has 0 bridgehead atoms. The summed E-state index contributed by atoms with van der Waals surface area (Å²) in [5.74, 6) is 2.62. The van der Waals surface area contributed by atoms with Gasteiger partial charge in [-0.05, 0) is 13.0 Å². The van der Waals surface area contributed by atoms with Gasteiger partial charge in [0.05, 0.1) is 0 Å². The molecule has 0 aliphatic rings. The van der Waals surface area contributed by atoms with Gasteiger partial charge in [0.1, 0.15) is 0 Å². The Labute approximate surface area is 67.2 Å². The van der Waals surface area contributed by atoms with Crippen molar-refractivity contribution in [1.82, 2.24) is 9.78 Å². The zero-order valence-corrected chi connectivity index (χ0v) is 6.75. The minimum Gasteiger partial charge on any atom is -0.270 e. The first-order valence-corrected chi connectivity index (χ1v) is 3.82. The smallest absolute Gasteiger partial charge is 0.0492 e. The summed E-state index contributed by atoms with van der Waals surface area (Å²) in [6.45, 7) is 3.00. The van der Waals surface area contributed by atoms with Crippen molar-refractivity contribution in [2.45, 2.75) is 26.3 Å². The lowest BCUT2D eigenvalue weighted by Gasteiger charge is -2.00. The molecular formula is C9H12N2. The van der Waals surface area contributed by atoms with Gasteiger partial charge < -0.3 is 0 Å². The van der Waals surface area contributed by atoms with Crippen molar-refractivity contribution in [2.24, 2.45) is 0 Å². The van der Waals surface area contributed by atoms with E-state index in [-0.39, 0.29) is 0 Å². The molecule has 0 aliphatic heterocycles. The van der Waals surface area contributed by atoms with Crippen LogP contribution in [0.2, 0.25) is 0 Å². The van der Waals surface area contributed by atoms with Crippen LogP contribution in [0.15, 0.2) is 12.3 Å². The predicted octanol–water partition coefficient (Wildman–Crippen LogP) is 1.47. The van der Waals surface area contributed by atoms with Crippen LogP contribution in [-0.2, 0) is 13.0 Å². The molecule has 0 spiro atoms. The quantitative estimate of drug-likeness (QED) is 0.593. The summed E-state index contributed by atoms with van der Waals surface area (Å²) in [7, 11) is 0. The van der Waals surface area contributed by atoms with Crippen molar-refractivity contribution in [3.8, 4) is 12.3 Å². The van der Waals surface area contributed by atoms with Gasteiger partial charge in [0.25, 0.3) is 0 Å². The molecule has 1 aromatic rings. The summed E-state index contributed by atoms with van der Waals surface area (Å²) >= 11 is 0. The van der Waals surface area contributed by atoms with E-state index in [0.29, 0.717) is 0 Å². The Bertz CT molecular complexity index is 255. The average molecular weight is 148 g/mol. The molecule has 0 amide bonds. The molecule has 58 valence electrons. The number of hydrogen-bond acceptors (Lipinski definition) is 1. The number of rotatable bonds is 3. The van der Waals surface area contributed by atoms with Gasteiger partial charge in [0, 0.05) is 31.3 Å². The molecule has 0 unspecified atom stereocenters. The summed E-state index contributed by atoms with van der Waals surface area (Å²) in [6, 6.07) is 2.01. The topological polar surface area (TPSA) is 17.8 Å². The highest BCUT2D eigenvalue weighted by Crippen LogP contribution is 2.01. The van der Waals surface area contributed by atoms with Crippen LogP contribution in [0.4, 0.5) is 0 Å². The molecule has 0 fully saturated rings. The Morgan fingerprint density at radius 3 is 3.18 bits per heavy atom. The van der Waals surface area contributed by atoms with E-state index in [1.165, 1.54) is 5.69 Å². The van der Waals surface area contributed by atoms with E-state index in [0.717, 1.165) is 19.4 Å². The maximum atomic E-state index is 5.16. The van der Waals surface area contributed by atoms with Gasteiger partial charge in [0.15, 0.2) is 0 Å². The summed E-state index contributed by atoms with van der Waals surface area (Å²) in [4.78, 5) is 0. The van der Waals surface area contributed by atoms with Crippen molar-refractivity contribution in [3.05, 3.63) is 18.0 Å². The van der Waals surface area contributed by atoms with E-state index < -0.39 is 0 Å². The van der Waals surface area contributed by atoms with Crippen molar-refractivity contribution < 1.29 is 0 Å². The average Bonchev–Trinajstić information content (AvgIpc) is 2.47. The van der Waals surface area contributed by atoms with Gasteiger partial charge in [-0.25, -0.2) is 0 Å². The second-order valence-electron chi connectivity index (χ2n) is 2.34. The molecule has 1 heterocycles. The number of hydrogen-bond donors (Lipinski definition) is 0. The van der Waals surface area contributed by atoms with Crippen molar-refractivity contribution >= 4 is 0 Å². The van der Waals surface area contributed by atoms with Crippen molar-refractivity contribution in [2.75, 3.05) is 0 Å². The molecule has 2 heteroatoms. The van der Waals surface area contributed by atoms with E-state index in [9.17, 15) is 0 Å². The third-order valence-electron chi connectivity index (χ3n) is 1.63. The molecule has 0 saturated carbocycles. The van der Waals surface area contributed by atoms with Crippen LogP contribution in [0.25, 0.3) is 0 Å². The van der Waals surface area contributed by atoms with Gasteiger partial charge in [-0.3, -0.25) is 4.68 Å². The second-order valence-corrected chi connectivity index (χ2v) is 2.34. The third-order valence-corrected chi connectivity index (χ3v) is 1.63. The number of nitrogens with zero attached hydrogens (tertiary/aromatic N) is 2. The van der Waals surface area contributed by atoms with Gasteiger partial charge in [-0.2, -0.15) is 5.10 Å². The van der Waals surface area contributed by atoms with Crippen LogP contribution in [0, 0.1) is 12.3 Å². The van der Waals surface area contributed by atoms with Gasteiger partial charge >= 0.3 is 0 Å². The standard InChI is InChI=1S/C9H12N2/c1-3-5-6-9-7-8-10-11(9)4-2/h1,7-8H,4-6H2,2H3. The lowest BCUT2D eigenvalue weighted by atomic mass is 10.2. The highest BCUT2D eigenvalue weighted by atomic mass is 15.3. The highest BCUT2D eigenvalue weighted by Gasteiger charge is 1.97. The summed E-state index contributed by atoms with van der Waals surface area (Å²) in [6.07, 6.45) is 8.70. The van der Waals surface area contributed by atoms with Crippen molar-refractivity contribution in [3.63, 3.8) is 0 Å². The molecule has 1 rings (SSSR count). The Balaban J connectivity index is 2.62. The van der Waals surface area contributed by atoms with E-state index >= 15 is 0 Å². The monoisotopic (exact) mass is 148 g/mol. The van der Waals surface area contributed by atoms with Crippen molar-refractivity contribution in [1.29, 1.82) is 0 Å². The zero-order valence-electron chi connectivity index (χ0n) is 6.75. The molecule has 0 radical (unpaired) electrons. The van der Waals surface area contributed by atoms with E-state index in [1.54, 1.807) is 0 Å². The molecule has 2 nitrogen and oxygen atoms in total. The fourth-order valence-corrected chi connectivity index (χ4v) is 1.06. The van der Waals surface area contributed by atoms with Crippen LogP contribution in [0.5, 0.6) is 0 Å². The maximum Gasteiger partial charge on any atom is 0.0492 e. The lowest BCUT2D eigenvalue weighted by Crippen LogP contribution is -2.01. The van der Waals surface area contributed by atoms with Gasteiger partial charge in [-0.1, -0.05) is 0 Å². The maximum absolute atomic E-state index is 5.16. The fraction of sp³-hybridized carbons (Fsp3) is 0.444. The summed E-state index contributed by atoms with van der Waals surface area (Å²) in [5, 5.41) is 4.14. The SMILES string of the molecule is C#CCCc1ccnn1CC. The number of aryl methyl sites for hydroxylation is 2. The van der Waals surface area contributed by atoms with Crippen LogP contribution in [-0.4, -0.2) is 9.78 Å². The van der Waals surface area contributed by atoms with E-state index in [1.807, 2.05) is 16.9 Å². The Morgan fingerprint density at radius 2 is 2.55 bits per heavy atom. The molecule has 11 heavy (non-hydrogen) atoms. The second kappa shape index (κ2) is 3.82. The van der Waals surface area contributed by atoms with Crippen LogP contribution >= 0.6 is 0 Å². The van der Waals surface area contributed by atoms with Gasteiger partial charge in [0.2, 0.25) is 0 Å². The van der Waals surface area contributed by atoms with Crippen LogP contribution < -0.4 is 0 Å². The molecule has 0 saturated heterocycles.